The summed E-state index contributed by atoms with van der Waals surface area (Å²) in [5.74, 6) is 0.960. The van der Waals surface area contributed by atoms with Crippen molar-refractivity contribution in [1.82, 2.24) is 9.88 Å². The van der Waals surface area contributed by atoms with Crippen LogP contribution in [0.3, 0.4) is 0 Å². The van der Waals surface area contributed by atoms with Crippen LogP contribution in [0, 0.1) is 5.92 Å². The minimum Gasteiger partial charge on any atom is -0.357 e. The Hall–Kier alpha value is -0.760. The highest BCUT2D eigenvalue weighted by atomic mass is 14.9. The van der Waals surface area contributed by atoms with Gasteiger partial charge in [0, 0.05) is 32.0 Å². The van der Waals surface area contributed by atoms with Gasteiger partial charge >= 0.3 is 0 Å². The van der Waals surface area contributed by atoms with E-state index in [1.165, 1.54) is 37.7 Å². The summed E-state index contributed by atoms with van der Waals surface area (Å²) in [5.41, 5.74) is 1.40. The van der Waals surface area contributed by atoms with E-state index in [4.69, 9.17) is 0 Å². The fourth-order valence-corrected chi connectivity index (χ4v) is 2.77. The Balaban J connectivity index is 1.77. The Bertz CT molecular complexity index is 316. The van der Waals surface area contributed by atoms with Crippen molar-refractivity contribution in [3.8, 4) is 0 Å². The second-order valence-corrected chi connectivity index (χ2v) is 5.20. The first kappa shape index (κ1) is 11.7. The smallest absolute Gasteiger partial charge is 0.0223 e. The van der Waals surface area contributed by atoms with Crippen LogP contribution in [0.1, 0.15) is 44.6 Å². The molecule has 90 valence electrons. The van der Waals surface area contributed by atoms with Crippen LogP contribution in [0.4, 0.5) is 0 Å². The molecule has 2 unspecified atom stereocenters. The van der Waals surface area contributed by atoms with Crippen molar-refractivity contribution in [3.63, 3.8) is 0 Å². The van der Waals surface area contributed by atoms with E-state index in [0.29, 0.717) is 0 Å². The minimum atomic E-state index is 0.749. The van der Waals surface area contributed by atoms with E-state index >= 15 is 0 Å². The first-order chi connectivity index (χ1) is 7.78. The third-order valence-corrected chi connectivity index (χ3v) is 3.85. The molecule has 1 N–H and O–H groups in total. The van der Waals surface area contributed by atoms with Gasteiger partial charge in [0.15, 0.2) is 0 Å². The van der Waals surface area contributed by atoms with Crippen molar-refractivity contribution in [2.45, 2.75) is 51.6 Å². The molecule has 1 aromatic rings. The van der Waals surface area contributed by atoms with Gasteiger partial charge in [0.1, 0.15) is 0 Å². The molecule has 1 aliphatic carbocycles. The number of aryl methyl sites for hydroxylation is 1. The highest BCUT2D eigenvalue weighted by Gasteiger charge is 2.19. The highest BCUT2D eigenvalue weighted by molar-refractivity contribution is 5.09. The second-order valence-electron chi connectivity index (χ2n) is 5.20. The zero-order valence-electron chi connectivity index (χ0n) is 10.6. The van der Waals surface area contributed by atoms with Gasteiger partial charge in [0.25, 0.3) is 0 Å². The molecule has 0 amide bonds. The van der Waals surface area contributed by atoms with Crippen LogP contribution in [0.25, 0.3) is 0 Å². The van der Waals surface area contributed by atoms with E-state index in [9.17, 15) is 0 Å². The maximum Gasteiger partial charge on any atom is 0.0223 e. The summed E-state index contributed by atoms with van der Waals surface area (Å²) in [5, 5.41) is 3.70. The van der Waals surface area contributed by atoms with E-state index < -0.39 is 0 Å². The Morgan fingerprint density at radius 2 is 2.31 bits per heavy atom. The maximum absolute atomic E-state index is 3.70. The van der Waals surface area contributed by atoms with Crippen LogP contribution in [-0.2, 0) is 13.6 Å². The van der Waals surface area contributed by atoms with Gasteiger partial charge in [-0.05, 0) is 30.4 Å². The van der Waals surface area contributed by atoms with Gasteiger partial charge < -0.3 is 9.88 Å². The molecule has 0 aliphatic heterocycles. The fraction of sp³-hybridized carbons (Fsp3) is 0.714. The monoisotopic (exact) mass is 220 g/mol. The van der Waals surface area contributed by atoms with Crippen LogP contribution in [-0.4, -0.2) is 10.6 Å². The van der Waals surface area contributed by atoms with Crippen LogP contribution >= 0.6 is 0 Å². The zero-order valence-corrected chi connectivity index (χ0v) is 10.6. The summed E-state index contributed by atoms with van der Waals surface area (Å²) >= 11 is 0. The van der Waals surface area contributed by atoms with Crippen molar-refractivity contribution in [3.05, 3.63) is 24.0 Å². The molecule has 2 heteroatoms. The quantitative estimate of drug-likeness (QED) is 0.825. The van der Waals surface area contributed by atoms with Crippen molar-refractivity contribution >= 4 is 0 Å². The van der Waals surface area contributed by atoms with Gasteiger partial charge in [0.2, 0.25) is 0 Å². The van der Waals surface area contributed by atoms with Crippen LogP contribution in [0.15, 0.2) is 18.5 Å². The molecule has 1 aliphatic rings. The molecular weight excluding hydrogens is 196 g/mol. The predicted octanol–water partition coefficient (Wildman–Crippen LogP) is 3.08. The summed E-state index contributed by atoms with van der Waals surface area (Å²) in [6, 6.07) is 2.95. The topological polar surface area (TPSA) is 17.0 Å². The van der Waals surface area contributed by atoms with Crippen molar-refractivity contribution in [1.29, 1.82) is 0 Å². The molecule has 2 atom stereocenters. The van der Waals surface area contributed by atoms with Crippen LogP contribution in [0.2, 0.25) is 0 Å². The Kier molecular flexibility index (Phi) is 4.05. The molecule has 0 aromatic carbocycles. The average Bonchev–Trinajstić information content (AvgIpc) is 2.73. The van der Waals surface area contributed by atoms with Gasteiger partial charge in [-0.3, -0.25) is 0 Å². The molecule has 0 radical (unpaired) electrons. The third kappa shape index (κ3) is 3.11. The second kappa shape index (κ2) is 5.53. The lowest BCUT2D eigenvalue weighted by molar-refractivity contribution is 0.278. The van der Waals surface area contributed by atoms with Crippen molar-refractivity contribution in [2.75, 3.05) is 0 Å². The Morgan fingerprint density at radius 1 is 1.44 bits per heavy atom. The van der Waals surface area contributed by atoms with Crippen molar-refractivity contribution in [2.24, 2.45) is 13.0 Å². The molecule has 1 aromatic heterocycles. The van der Waals surface area contributed by atoms with Crippen molar-refractivity contribution < 1.29 is 0 Å². The van der Waals surface area contributed by atoms with E-state index in [2.05, 4.69) is 42.3 Å². The van der Waals surface area contributed by atoms with Gasteiger partial charge in [-0.1, -0.05) is 26.2 Å². The molecule has 1 heterocycles. The standard InChI is InChI=1S/C14H24N2/c1-3-12-5-4-6-14(9-12)15-10-13-7-8-16(2)11-13/h7-8,11-12,14-15H,3-6,9-10H2,1-2H3. The summed E-state index contributed by atoms with van der Waals surface area (Å²) in [6.07, 6.45) is 11.3. The Morgan fingerprint density at radius 3 is 3.00 bits per heavy atom. The number of hydrogen-bond acceptors (Lipinski definition) is 1. The summed E-state index contributed by atoms with van der Waals surface area (Å²) < 4.78 is 2.12. The molecule has 0 saturated heterocycles. The molecule has 2 rings (SSSR count). The van der Waals surface area contributed by atoms with E-state index in [1.807, 2.05) is 0 Å². The average molecular weight is 220 g/mol. The first-order valence-corrected chi connectivity index (χ1v) is 6.62. The summed E-state index contributed by atoms with van der Waals surface area (Å²) in [6.45, 7) is 3.35. The molecule has 0 bridgehead atoms. The van der Waals surface area contributed by atoms with Crippen LogP contribution in [0.5, 0.6) is 0 Å². The normalized spacial score (nSPS) is 25.9. The first-order valence-electron chi connectivity index (χ1n) is 6.62. The van der Waals surface area contributed by atoms with Gasteiger partial charge in [-0.15, -0.1) is 0 Å². The maximum atomic E-state index is 3.70. The number of hydrogen-bond donors (Lipinski definition) is 1. The Labute approximate surface area is 99.0 Å². The molecule has 1 fully saturated rings. The SMILES string of the molecule is CCC1CCCC(NCc2ccn(C)c2)C1. The highest BCUT2D eigenvalue weighted by Crippen LogP contribution is 2.26. The van der Waals surface area contributed by atoms with Gasteiger partial charge in [-0.2, -0.15) is 0 Å². The summed E-state index contributed by atoms with van der Waals surface area (Å²) in [7, 11) is 2.08. The largest absolute Gasteiger partial charge is 0.357 e. The summed E-state index contributed by atoms with van der Waals surface area (Å²) in [4.78, 5) is 0. The molecule has 16 heavy (non-hydrogen) atoms. The predicted molar refractivity (Wildman–Crippen MR) is 68.3 cm³/mol. The van der Waals surface area contributed by atoms with Gasteiger partial charge in [-0.25, -0.2) is 0 Å². The molecule has 2 nitrogen and oxygen atoms in total. The number of aromatic nitrogens is 1. The minimum absolute atomic E-state index is 0.749. The zero-order chi connectivity index (χ0) is 11.4. The lowest BCUT2D eigenvalue weighted by Gasteiger charge is -2.29. The number of nitrogens with zero attached hydrogens (tertiary/aromatic N) is 1. The van der Waals surface area contributed by atoms with Crippen LogP contribution < -0.4 is 5.32 Å². The number of rotatable bonds is 4. The van der Waals surface area contributed by atoms with E-state index in [0.717, 1.165) is 18.5 Å². The lowest BCUT2D eigenvalue weighted by Crippen LogP contribution is -2.33. The van der Waals surface area contributed by atoms with Gasteiger partial charge in [0.05, 0.1) is 0 Å². The lowest BCUT2D eigenvalue weighted by atomic mass is 9.84. The van der Waals surface area contributed by atoms with E-state index in [1.54, 1.807) is 0 Å². The molecule has 0 spiro atoms. The molecular formula is C14H24N2. The fourth-order valence-electron chi connectivity index (χ4n) is 2.77. The molecule has 1 saturated carbocycles. The van der Waals surface area contributed by atoms with E-state index in [-0.39, 0.29) is 0 Å². The third-order valence-electron chi connectivity index (χ3n) is 3.85. The number of nitrogens with one attached hydrogen (secondary N) is 1.